The molecule has 78 valence electrons. The molecule has 3 nitrogen and oxygen atoms in total. The Labute approximate surface area is 97.9 Å². The van der Waals surface area contributed by atoms with Gasteiger partial charge in [-0.05, 0) is 30.3 Å². The minimum absolute atomic E-state index is 0.285. The topological polar surface area (TPSA) is 45.9 Å². The smallest absolute Gasteiger partial charge is 0.237 e. The highest BCUT2D eigenvalue weighted by atomic mass is 35.5. The van der Waals surface area contributed by atoms with Crippen molar-refractivity contribution in [2.24, 2.45) is 0 Å². The molecule has 2 aromatic rings. The van der Waals surface area contributed by atoms with Crippen molar-refractivity contribution in [3.05, 3.63) is 53.2 Å². The summed E-state index contributed by atoms with van der Waals surface area (Å²) in [6.45, 7) is 0. The molecule has 16 heavy (non-hydrogen) atoms. The second kappa shape index (κ2) is 4.65. The Morgan fingerprint density at radius 3 is 2.88 bits per heavy atom. The van der Waals surface area contributed by atoms with E-state index >= 15 is 0 Å². The Bertz CT molecular complexity index is 549. The van der Waals surface area contributed by atoms with Gasteiger partial charge in [0.2, 0.25) is 5.88 Å². The van der Waals surface area contributed by atoms with Crippen molar-refractivity contribution in [3.8, 4) is 17.7 Å². The molecule has 2 rings (SSSR count). The molecule has 1 aromatic heterocycles. The molecule has 1 heterocycles. The van der Waals surface area contributed by atoms with E-state index in [1.54, 1.807) is 42.6 Å². The second-order valence-corrected chi connectivity index (χ2v) is 3.46. The van der Waals surface area contributed by atoms with Crippen LogP contribution < -0.4 is 4.74 Å². The van der Waals surface area contributed by atoms with Crippen molar-refractivity contribution in [1.82, 2.24) is 4.98 Å². The van der Waals surface area contributed by atoms with Crippen molar-refractivity contribution in [1.29, 1.82) is 5.26 Å². The molecule has 0 saturated heterocycles. The summed E-state index contributed by atoms with van der Waals surface area (Å²) in [5, 5.41) is 9.43. The normalized spacial score (nSPS) is 9.50. The highest BCUT2D eigenvalue weighted by molar-refractivity contribution is 6.30. The van der Waals surface area contributed by atoms with Gasteiger partial charge in [-0.2, -0.15) is 5.26 Å². The van der Waals surface area contributed by atoms with E-state index < -0.39 is 0 Å². The van der Waals surface area contributed by atoms with Gasteiger partial charge in [0.05, 0.1) is 0 Å². The number of ether oxygens (including phenoxy) is 1. The van der Waals surface area contributed by atoms with Gasteiger partial charge in [0.15, 0.2) is 0 Å². The van der Waals surface area contributed by atoms with E-state index in [1.165, 1.54) is 0 Å². The third-order valence-corrected chi connectivity index (χ3v) is 2.14. The van der Waals surface area contributed by atoms with Crippen molar-refractivity contribution in [2.75, 3.05) is 0 Å². The van der Waals surface area contributed by atoms with Crippen LogP contribution in [-0.2, 0) is 0 Å². The zero-order chi connectivity index (χ0) is 11.4. The molecule has 0 radical (unpaired) electrons. The number of rotatable bonds is 2. The van der Waals surface area contributed by atoms with Crippen molar-refractivity contribution >= 4 is 11.6 Å². The quantitative estimate of drug-likeness (QED) is 0.794. The minimum Gasteiger partial charge on any atom is -0.438 e. The molecule has 1 aromatic carbocycles. The largest absolute Gasteiger partial charge is 0.438 e. The van der Waals surface area contributed by atoms with E-state index in [1.807, 2.05) is 6.07 Å². The molecule has 4 heteroatoms. The Morgan fingerprint density at radius 1 is 1.25 bits per heavy atom. The predicted molar refractivity (Wildman–Crippen MR) is 60.5 cm³/mol. The molecular formula is C12H7ClN2O. The van der Waals surface area contributed by atoms with E-state index in [0.717, 1.165) is 0 Å². The summed E-state index contributed by atoms with van der Waals surface area (Å²) in [7, 11) is 0. The van der Waals surface area contributed by atoms with Crippen molar-refractivity contribution < 1.29 is 4.74 Å². The lowest BCUT2D eigenvalue weighted by Crippen LogP contribution is -1.90. The number of hydrogen-bond donors (Lipinski definition) is 0. The summed E-state index contributed by atoms with van der Waals surface area (Å²) in [6.07, 6.45) is 1.57. The van der Waals surface area contributed by atoms with Crippen LogP contribution in [0, 0.1) is 11.3 Å². The van der Waals surface area contributed by atoms with Crippen LogP contribution in [0.5, 0.6) is 11.6 Å². The first-order valence-corrected chi connectivity index (χ1v) is 4.96. The van der Waals surface area contributed by atoms with Gasteiger partial charge in [0.25, 0.3) is 0 Å². The second-order valence-electron chi connectivity index (χ2n) is 3.03. The maximum Gasteiger partial charge on any atom is 0.237 e. The molecule has 0 saturated carbocycles. The fraction of sp³-hybridized carbons (Fsp3) is 0. The first-order valence-electron chi connectivity index (χ1n) is 4.58. The number of hydrogen-bond acceptors (Lipinski definition) is 3. The maximum absolute atomic E-state index is 8.85. The third kappa shape index (κ3) is 2.30. The number of pyridine rings is 1. The van der Waals surface area contributed by atoms with Gasteiger partial charge in [-0.25, -0.2) is 4.98 Å². The van der Waals surface area contributed by atoms with Crippen molar-refractivity contribution in [3.63, 3.8) is 0 Å². The number of nitrogens with zero attached hydrogens (tertiary/aromatic N) is 2. The van der Waals surface area contributed by atoms with Crippen LogP contribution in [0.25, 0.3) is 0 Å². The molecule has 0 atom stereocenters. The lowest BCUT2D eigenvalue weighted by Gasteiger charge is -2.05. The molecule has 0 aliphatic heterocycles. The first kappa shape index (κ1) is 10.5. The molecule has 0 amide bonds. The summed E-state index contributed by atoms with van der Waals surface area (Å²) >= 11 is 5.82. The van der Waals surface area contributed by atoms with Crippen LogP contribution in [-0.4, -0.2) is 4.98 Å². The van der Waals surface area contributed by atoms with E-state index in [0.29, 0.717) is 16.3 Å². The fourth-order valence-electron chi connectivity index (χ4n) is 1.20. The summed E-state index contributed by atoms with van der Waals surface area (Å²) < 4.78 is 5.46. The van der Waals surface area contributed by atoms with Gasteiger partial charge in [-0.1, -0.05) is 17.7 Å². The Morgan fingerprint density at radius 2 is 2.12 bits per heavy atom. The molecule has 0 aliphatic rings. The van der Waals surface area contributed by atoms with Gasteiger partial charge in [0, 0.05) is 11.2 Å². The molecule has 0 bridgehead atoms. The Hall–Kier alpha value is -2.05. The number of nitriles is 1. The summed E-state index contributed by atoms with van der Waals surface area (Å²) in [5.41, 5.74) is 0.391. The molecule has 0 aliphatic carbocycles. The van der Waals surface area contributed by atoms with Crippen LogP contribution in [0.3, 0.4) is 0 Å². The van der Waals surface area contributed by atoms with Crippen molar-refractivity contribution in [2.45, 2.75) is 0 Å². The number of benzene rings is 1. The van der Waals surface area contributed by atoms with Gasteiger partial charge in [0.1, 0.15) is 17.4 Å². The maximum atomic E-state index is 8.85. The average molecular weight is 231 g/mol. The highest BCUT2D eigenvalue weighted by Crippen LogP contribution is 2.24. The molecule has 0 fully saturated rings. The van der Waals surface area contributed by atoms with Crippen LogP contribution in [0.4, 0.5) is 0 Å². The fourth-order valence-corrected chi connectivity index (χ4v) is 1.38. The van der Waals surface area contributed by atoms with E-state index in [4.69, 9.17) is 21.6 Å². The minimum atomic E-state index is 0.285. The summed E-state index contributed by atoms with van der Waals surface area (Å²) in [6, 6.07) is 12.3. The summed E-state index contributed by atoms with van der Waals surface area (Å²) in [4.78, 5) is 3.99. The van der Waals surface area contributed by atoms with E-state index in [9.17, 15) is 0 Å². The predicted octanol–water partition coefficient (Wildman–Crippen LogP) is 3.40. The summed E-state index contributed by atoms with van der Waals surface area (Å²) in [5.74, 6) is 0.843. The lowest BCUT2D eigenvalue weighted by atomic mass is 10.3. The average Bonchev–Trinajstić information content (AvgIpc) is 2.30. The Kier molecular flexibility index (Phi) is 3.04. The SMILES string of the molecule is N#Cc1cccnc1Oc1cccc(Cl)c1. The van der Waals surface area contributed by atoms with Crippen LogP contribution in [0.1, 0.15) is 5.56 Å². The molecule has 0 spiro atoms. The van der Waals surface area contributed by atoms with Gasteiger partial charge in [-0.3, -0.25) is 0 Å². The van der Waals surface area contributed by atoms with Gasteiger partial charge < -0.3 is 4.74 Å². The lowest BCUT2D eigenvalue weighted by molar-refractivity contribution is 0.461. The zero-order valence-electron chi connectivity index (χ0n) is 8.22. The first-order chi connectivity index (χ1) is 7.79. The monoisotopic (exact) mass is 230 g/mol. The third-order valence-electron chi connectivity index (χ3n) is 1.90. The highest BCUT2D eigenvalue weighted by Gasteiger charge is 2.04. The van der Waals surface area contributed by atoms with Crippen LogP contribution in [0.15, 0.2) is 42.6 Å². The van der Waals surface area contributed by atoms with Gasteiger partial charge in [-0.15, -0.1) is 0 Å². The number of aromatic nitrogens is 1. The van der Waals surface area contributed by atoms with Crippen LogP contribution in [0.2, 0.25) is 5.02 Å². The number of halogens is 1. The molecule has 0 unspecified atom stereocenters. The standard InChI is InChI=1S/C12H7ClN2O/c13-10-4-1-5-11(7-10)16-12-9(8-14)3-2-6-15-12/h1-7H. The Balaban J connectivity index is 2.31. The zero-order valence-corrected chi connectivity index (χ0v) is 8.98. The van der Waals surface area contributed by atoms with E-state index in [2.05, 4.69) is 4.98 Å². The van der Waals surface area contributed by atoms with Gasteiger partial charge >= 0.3 is 0 Å². The molecule has 0 N–H and O–H groups in total. The molecular weight excluding hydrogens is 224 g/mol. The van der Waals surface area contributed by atoms with Crippen LogP contribution >= 0.6 is 11.6 Å². The van der Waals surface area contributed by atoms with E-state index in [-0.39, 0.29) is 5.88 Å².